The molecule has 62 valence electrons. The molecule has 0 saturated carbocycles. The fraction of sp³-hybridized carbons (Fsp3) is 0.200. The Labute approximate surface area is 72.2 Å². The molecule has 0 bridgehead atoms. The van der Waals surface area contributed by atoms with Crippen molar-refractivity contribution >= 4 is 0 Å². The summed E-state index contributed by atoms with van der Waals surface area (Å²) in [6.07, 6.45) is 0. The summed E-state index contributed by atoms with van der Waals surface area (Å²) in [6, 6.07) is 9.47. The topological polar surface area (TPSA) is 32.3 Å². The largest absolute Gasteiger partial charge is 0.316 e. The van der Waals surface area contributed by atoms with E-state index in [2.05, 4.69) is 17.3 Å². The van der Waals surface area contributed by atoms with Crippen molar-refractivity contribution in [2.24, 2.45) is 0 Å². The molecule has 2 N–H and O–H groups in total. The average molecular weight is 161 g/mol. The van der Waals surface area contributed by atoms with E-state index >= 15 is 0 Å². The molecule has 2 heteroatoms. The Morgan fingerprint density at radius 3 is 2.58 bits per heavy atom. The molecule has 0 spiro atoms. The van der Waals surface area contributed by atoms with E-state index in [4.69, 9.17) is 5.21 Å². The number of rotatable bonds is 1. The standard InChI is InChI=1S/C10H11NO/c1-9(11-12)7-8-10-5-3-2-4-6-10/h2-6,9,11-12H,1H3. The highest BCUT2D eigenvalue weighted by Crippen LogP contribution is 1.94. The lowest BCUT2D eigenvalue weighted by atomic mass is 10.2. The molecule has 0 aliphatic carbocycles. The van der Waals surface area contributed by atoms with Crippen molar-refractivity contribution in [3.63, 3.8) is 0 Å². The highest BCUT2D eigenvalue weighted by molar-refractivity contribution is 5.34. The van der Waals surface area contributed by atoms with Gasteiger partial charge in [-0.3, -0.25) is 0 Å². The first-order valence-corrected chi connectivity index (χ1v) is 3.79. The van der Waals surface area contributed by atoms with Crippen molar-refractivity contribution in [3.05, 3.63) is 35.9 Å². The second-order valence-electron chi connectivity index (χ2n) is 2.49. The lowest BCUT2D eigenvalue weighted by Crippen LogP contribution is -2.19. The van der Waals surface area contributed by atoms with Crippen LogP contribution in [0.15, 0.2) is 30.3 Å². The Bertz CT molecular complexity index is 284. The van der Waals surface area contributed by atoms with E-state index < -0.39 is 0 Å². The summed E-state index contributed by atoms with van der Waals surface area (Å²) in [7, 11) is 0. The monoisotopic (exact) mass is 161 g/mol. The molecule has 0 aromatic heterocycles. The Kier molecular flexibility index (Phi) is 3.34. The van der Waals surface area contributed by atoms with E-state index in [9.17, 15) is 0 Å². The zero-order chi connectivity index (χ0) is 8.81. The second kappa shape index (κ2) is 4.55. The molecule has 1 rings (SSSR count). The van der Waals surface area contributed by atoms with Gasteiger partial charge in [0.05, 0.1) is 6.04 Å². The smallest absolute Gasteiger partial charge is 0.0901 e. The van der Waals surface area contributed by atoms with Crippen LogP contribution in [0.5, 0.6) is 0 Å². The number of nitrogens with one attached hydrogen (secondary N) is 1. The SMILES string of the molecule is CC(C#Cc1ccccc1)NO. The average Bonchev–Trinajstić information content (AvgIpc) is 2.16. The van der Waals surface area contributed by atoms with E-state index in [1.54, 1.807) is 6.92 Å². The van der Waals surface area contributed by atoms with Crippen LogP contribution in [0.25, 0.3) is 0 Å². The number of benzene rings is 1. The van der Waals surface area contributed by atoms with Crippen molar-refractivity contribution in [2.45, 2.75) is 13.0 Å². The third kappa shape index (κ3) is 2.75. The van der Waals surface area contributed by atoms with Crippen LogP contribution in [0.1, 0.15) is 12.5 Å². The van der Waals surface area contributed by atoms with Gasteiger partial charge in [0.1, 0.15) is 0 Å². The lowest BCUT2D eigenvalue weighted by molar-refractivity contribution is 0.152. The van der Waals surface area contributed by atoms with E-state index in [0.717, 1.165) is 5.56 Å². The normalized spacial score (nSPS) is 11.5. The maximum atomic E-state index is 8.46. The van der Waals surface area contributed by atoms with Gasteiger partial charge in [0, 0.05) is 5.56 Å². The Morgan fingerprint density at radius 1 is 1.33 bits per heavy atom. The summed E-state index contributed by atoms with van der Waals surface area (Å²) in [6.45, 7) is 1.79. The molecule has 1 atom stereocenters. The predicted molar refractivity (Wildman–Crippen MR) is 47.7 cm³/mol. The summed E-state index contributed by atoms with van der Waals surface area (Å²) >= 11 is 0. The van der Waals surface area contributed by atoms with Crippen LogP contribution in [0.4, 0.5) is 0 Å². The van der Waals surface area contributed by atoms with Gasteiger partial charge in [0.15, 0.2) is 0 Å². The fourth-order valence-corrected chi connectivity index (χ4v) is 0.745. The molecular weight excluding hydrogens is 150 g/mol. The van der Waals surface area contributed by atoms with E-state index in [1.165, 1.54) is 0 Å². The van der Waals surface area contributed by atoms with Gasteiger partial charge in [-0.05, 0) is 19.1 Å². The minimum atomic E-state index is -0.190. The molecule has 1 unspecified atom stereocenters. The highest BCUT2D eigenvalue weighted by atomic mass is 16.5. The molecule has 0 fully saturated rings. The maximum absolute atomic E-state index is 8.46. The Hall–Kier alpha value is -1.30. The van der Waals surface area contributed by atoms with Crippen LogP contribution >= 0.6 is 0 Å². The van der Waals surface area contributed by atoms with Crippen LogP contribution in [0, 0.1) is 11.8 Å². The predicted octanol–water partition coefficient (Wildman–Crippen LogP) is 1.41. The molecule has 0 saturated heterocycles. The number of hydrogen-bond acceptors (Lipinski definition) is 2. The third-order valence-corrected chi connectivity index (χ3v) is 1.40. The molecule has 12 heavy (non-hydrogen) atoms. The zero-order valence-corrected chi connectivity index (χ0v) is 6.91. The number of hydrogen-bond donors (Lipinski definition) is 2. The molecule has 0 radical (unpaired) electrons. The number of hydroxylamine groups is 1. The molecule has 0 amide bonds. The van der Waals surface area contributed by atoms with Crippen molar-refractivity contribution in [1.82, 2.24) is 5.48 Å². The van der Waals surface area contributed by atoms with Crippen LogP contribution in [0.3, 0.4) is 0 Å². The first-order valence-electron chi connectivity index (χ1n) is 3.79. The first kappa shape index (κ1) is 8.79. The van der Waals surface area contributed by atoms with Crippen LogP contribution in [-0.4, -0.2) is 11.2 Å². The molecule has 0 aliphatic rings. The van der Waals surface area contributed by atoms with Crippen LogP contribution in [-0.2, 0) is 0 Å². The minimum absolute atomic E-state index is 0.190. The van der Waals surface area contributed by atoms with Crippen LogP contribution in [0.2, 0.25) is 0 Å². The molecule has 0 aliphatic heterocycles. The van der Waals surface area contributed by atoms with Crippen LogP contribution < -0.4 is 5.48 Å². The molecular formula is C10H11NO. The summed E-state index contributed by atoms with van der Waals surface area (Å²) in [4.78, 5) is 0. The van der Waals surface area contributed by atoms with Gasteiger partial charge in [-0.25, -0.2) is 0 Å². The van der Waals surface area contributed by atoms with Gasteiger partial charge in [0.25, 0.3) is 0 Å². The van der Waals surface area contributed by atoms with Crippen molar-refractivity contribution in [3.8, 4) is 11.8 Å². The third-order valence-electron chi connectivity index (χ3n) is 1.40. The molecule has 1 aromatic rings. The lowest BCUT2D eigenvalue weighted by Gasteiger charge is -1.96. The molecule has 1 aromatic carbocycles. The zero-order valence-electron chi connectivity index (χ0n) is 6.91. The van der Waals surface area contributed by atoms with E-state index in [0.29, 0.717) is 0 Å². The summed E-state index contributed by atoms with van der Waals surface area (Å²) in [5, 5.41) is 8.46. The summed E-state index contributed by atoms with van der Waals surface area (Å²) in [5.41, 5.74) is 3.02. The van der Waals surface area contributed by atoms with Gasteiger partial charge < -0.3 is 5.21 Å². The molecule has 0 heterocycles. The van der Waals surface area contributed by atoms with Gasteiger partial charge in [-0.1, -0.05) is 30.0 Å². The van der Waals surface area contributed by atoms with Gasteiger partial charge in [0.2, 0.25) is 0 Å². The summed E-state index contributed by atoms with van der Waals surface area (Å²) in [5.74, 6) is 5.76. The van der Waals surface area contributed by atoms with E-state index in [1.807, 2.05) is 30.3 Å². The minimum Gasteiger partial charge on any atom is -0.316 e. The van der Waals surface area contributed by atoms with Crippen molar-refractivity contribution in [2.75, 3.05) is 0 Å². The molecule has 2 nitrogen and oxygen atoms in total. The Morgan fingerprint density at radius 2 is 2.00 bits per heavy atom. The highest BCUT2D eigenvalue weighted by Gasteiger charge is 1.88. The quantitative estimate of drug-likeness (QED) is 0.482. The van der Waals surface area contributed by atoms with Gasteiger partial charge >= 0.3 is 0 Å². The first-order chi connectivity index (χ1) is 5.83. The maximum Gasteiger partial charge on any atom is 0.0901 e. The van der Waals surface area contributed by atoms with Gasteiger partial charge in [-0.2, -0.15) is 5.48 Å². The summed E-state index contributed by atoms with van der Waals surface area (Å²) < 4.78 is 0. The van der Waals surface area contributed by atoms with Crippen molar-refractivity contribution in [1.29, 1.82) is 0 Å². The fourth-order valence-electron chi connectivity index (χ4n) is 0.745. The van der Waals surface area contributed by atoms with Gasteiger partial charge in [-0.15, -0.1) is 0 Å². The van der Waals surface area contributed by atoms with E-state index in [-0.39, 0.29) is 6.04 Å². The Balaban J connectivity index is 2.67. The second-order valence-corrected chi connectivity index (χ2v) is 2.49. The van der Waals surface area contributed by atoms with Crippen molar-refractivity contribution < 1.29 is 5.21 Å².